The van der Waals surface area contributed by atoms with Crippen LogP contribution in [-0.4, -0.2) is 49.5 Å². The molecule has 3 aliphatic rings. The molecule has 0 radical (unpaired) electrons. The first-order valence-electron chi connectivity index (χ1n) is 6.96. The molecule has 1 atom stereocenters. The Morgan fingerprint density at radius 2 is 2.39 bits per heavy atom. The molecular formula is C13H22N4O. The molecular weight excluding hydrogens is 228 g/mol. The Hall–Kier alpha value is -1.26. The maximum Gasteiger partial charge on any atom is 0.220 e. The Morgan fingerprint density at radius 1 is 1.56 bits per heavy atom. The number of guanidine groups is 1. The van der Waals surface area contributed by atoms with Gasteiger partial charge < -0.3 is 15.5 Å². The lowest BCUT2D eigenvalue weighted by Gasteiger charge is -2.40. The molecule has 2 saturated heterocycles. The smallest absolute Gasteiger partial charge is 0.220 e. The molecule has 0 aromatic carbocycles. The van der Waals surface area contributed by atoms with Gasteiger partial charge in [0.25, 0.3) is 0 Å². The molecule has 1 aliphatic carbocycles. The van der Waals surface area contributed by atoms with Crippen molar-refractivity contribution in [1.82, 2.24) is 15.5 Å². The summed E-state index contributed by atoms with van der Waals surface area (Å²) in [5.74, 6) is 1.23. The molecule has 0 aromatic rings. The summed E-state index contributed by atoms with van der Waals surface area (Å²) < 4.78 is 0. The minimum absolute atomic E-state index is 0.149. The van der Waals surface area contributed by atoms with Crippen LogP contribution in [0.4, 0.5) is 0 Å². The summed E-state index contributed by atoms with van der Waals surface area (Å²) in [6.45, 7) is 2.85. The number of likely N-dealkylation sites (tertiary alicyclic amines) is 1. The fraction of sp³-hybridized carbons (Fsp3) is 0.846. The predicted molar refractivity (Wildman–Crippen MR) is 70.4 cm³/mol. The quantitative estimate of drug-likeness (QED) is 0.521. The first kappa shape index (κ1) is 11.8. The highest BCUT2D eigenvalue weighted by Gasteiger charge is 2.42. The number of aliphatic imine (C=N–C) groups is 1. The van der Waals surface area contributed by atoms with Crippen LogP contribution in [0.1, 0.15) is 32.1 Å². The predicted octanol–water partition coefficient (Wildman–Crippen LogP) is 0.326. The molecule has 1 unspecified atom stereocenters. The van der Waals surface area contributed by atoms with Crippen LogP contribution >= 0.6 is 0 Å². The van der Waals surface area contributed by atoms with Gasteiger partial charge in [-0.05, 0) is 25.7 Å². The second kappa shape index (κ2) is 4.44. The van der Waals surface area contributed by atoms with Gasteiger partial charge in [-0.3, -0.25) is 9.79 Å². The summed E-state index contributed by atoms with van der Waals surface area (Å²) in [4.78, 5) is 18.2. The van der Waals surface area contributed by atoms with E-state index in [0.717, 1.165) is 38.4 Å². The Balaban J connectivity index is 1.67. The molecule has 3 rings (SSSR count). The van der Waals surface area contributed by atoms with Gasteiger partial charge in [0.2, 0.25) is 5.91 Å². The lowest BCUT2D eigenvalue weighted by molar-refractivity contribution is -0.119. The van der Waals surface area contributed by atoms with Gasteiger partial charge in [0, 0.05) is 44.6 Å². The third kappa shape index (κ3) is 2.31. The van der Waals surface area contributed by atoms with E-state index in [9.17, 15) is 4.79 Å². The lowest BCUT2D eigenvalue weighted by atomic mass is 9.79. The highest BCUT2D eigenvalue weighted by Crippen LogP contribution is 2.36. The molecule has 2 heterocycles. The monoisotopic (exact) mass is 250 g/mol. The Bertz CT molecular complexity index is 377. The van der Waals surface area contributed by atoms with Gasteiger partial charge in [-0.15, -0.1) is 0 Å². The fourth-order valence-electron chi connectivity index (χ4n) is 3.14. The van der Waals surface area contributed by atoms with Crippen LogP contribution in [0.25, 0.3) is 0 Å². The van der Waals surface area contributed by atoms with E-state index in [1.165, 1.54) is 12.8 Å². The van der Waals surface area contributed by atoms with Crippen LogP contribution in [0.3, 0.4) is 0 Å². The number of hydrogen-bond donors (Lipinski definition) is 2. The zero-order chi connectivity index (χ0) is 12.6. The van der Waals surface area contributed by atoms with Crippen molar-refractivity contribution in [3.8, 4) is 0 Å². The average Bonchev–Trinajstić information content (AvgIpc) is 3.12. The third-order valence-corrected chi connectivity index (χ3v) is 4.28. The van der Waals surface area contributed by atoms with Crippen molar-refractivity contribution in [3.05, 3.63) is 0 Å². The van der Waals surface area contributed by atoms with Crippen molar-refractivity contribution in [2.75, 3.05) is 26.7 Å². The van der Waals surface area contributed by atoms with E-state index in [1.54, 1.807) is 0 Å². The molecule has 1 spiro atoms. The van der Waals surface area contributed by atoms with Crippen molar-refractivity contribution >= 4 is 11.9 Å². The molecule has 5 nitrogen and oxygen atoms in total. The number of carbonyl (C=O) groups excluding carboxylic acids is 1. The Labute approximate surface area is 108 Å². The summed E-state index contributed by atoms with van der Waals surface area (Å²) >= 11 is 0. The number of hydrogen-bond acceptors (Lipinski definition) is 2. The van der Waals surface area contributed by atoms with E-state index < -0.39 is 0 Å². The van der Waals surface area contributed by atoms with Gasteiger partial charge in [0.1, 0.15) is 0 Å². The summed E-state index contributed by atoms with van der Waals surface area (Å²) in [5, 5.41) is 6.48. The zero-order valence-electron chi connectivity index (χ0n) is 11.0. The molecule has 100 valence electrons. The fourth-order valence-corrected chi connectivity index (χ4v) is 3.14. The van der Waals surface area contributed by atoms with Crippen molar-refractivity contribution in [2.45, 2.75) is 38.1 Å². The lowest BCUT2D eigenvalue weighted by Crippen LogP contribution is -2.51. The van der Waals surface area contributed by atoms with Crippen LogP contribution in [-0.2, 0) is 4.79 Å². The van der Waals surface area contributed by atoms with Crippen molar-refractivity contribution < 1.29 is 4.79 Å². The van der Waals surface area contributed by atoms with E-state index in [1.807, 2.05) is 7.05 Å². The highest BCUT2D eigenvalue weighted by atomic mass is 16.1. The third-order valence-electron chi connectivity index (χ3n) is 4.28. The summed E-state index contributed by atoms with van der Waals surface area (Å²) in [6, 6.07) is 0.630. The van der Waals surface area contributed by atoms with E-state index in [-0.39, 0.29) is 11.3 Å². The van der Waals surface area contributed by atoms with Gasteiger partial charge in [0.15, 0.2) is 5.96 Å². The highest BCUT2D eigenvalue weighted by molar-refractivity contribution is 5.82. The number of amides is 1. The average molecular weight is 250 g/mol. The number of rotatable bonds is 1. The first-order valence-corrected chi connectivity index (χ1v) is 6.96. The molecule has 0 aromatic heterocycles. The maximum absolute atomic E-state index is 11.5. The first-order chi connectivity index (χ1) is 8.71. The largest absolute Gasteiger partial charge is 0.355 e. The topological polar surface area (TPSA) is 56.7 Å². The van der Waals surface area contributed by atoms with Crippen LogP contribution in [0.5, 0.6) is 0 Å². The zero-order valence-corrected chi connectivity index (χ0v) is 11.0. The number of nitrogens with one attached hydrogen (secondary N) is 2. The van der Waals surface area contributed by atoms with Gasteiger partial charge in [-0.25, -0.2) is 0 Å². The maximum atomic E-state index is 11.5. The van der Waals surface area contributed by atoms with E-state index in [0.29, 0.717) is 12.5 Å². The molecule has 3 fully saturated rings. The van der Waals surface area contributed by atoms with E-state index in [2.05, 4.69) is 20.5 Å². The Kier molecular flexibility index (Phi) is 2.92. The SMILES string of the molecule is CN=C(NC1CC1)N1CCCC2(CNC(=O)C2)C1. The summed E-state index contributed by atoms with van der Waals surface area (Å²) in [6.07, 6.45) is 5.52. The standard InChI is InChI=1S/C13H22N4O/c1-14-12(16-10-3-4-10)17-6-2-5-13(9-17)7-11(18)15-8-13/h10H,2-9H2,1H3,(H,14,16)(H,15,18). The van der Waals surface area contributed by atoms with Crippen LogP contribution in [0, 0.1) is 5.41 Å². The minimum atomic E-state index is 0.149. The van der Waals surface area contributed by atoms with E-state index >= 15 is 0 Å². The number of carbonyl (C=O) groups is 1. The second-order valence-corrected chi connectivity index (χ2v) is 5.94. The minimum Gasteiger partial charge on any atom is -0.355 e. The Morgan fingerprint density at radius 3 is 3.00 bits per heavy atom. The van der Waals surface area contributed by atoms with Crippen LogP contribution < -0.4 is 10.6 Å². The van der Waals surface area contributed by atoms with Crippen molar-refractivity contribution in [1.29, 1.82) is 0 Å². The van der Waals surface area contributed by atoms with Gasteiger partial charge in [0.05, 0.1) is 0 Å². The normalized spacial score (nSPS) is 32.8. The van der Waals surface area contributed by atoms with Crippen LogP contribution in [0.2, 0.25) is 0 Å². The molecule has 0 bridgehead atoms. The van der Waals surface area contributed by atoms with Crippen molar-refractivity contribution in [3.63, 3.8) is 0 Å². The van der Waals surface area contributed by atoms with Gasteiger partial charge >= 0.3 is 0 Å². The van der Waals surface area contributed by atoms with E-state index in [4.69, 9.17) is 0 Å². The number of nitrogens with zero attached hydrogens (tertiary/aromatic N) is 2. The summed E-state index contributed by atoms with van der Waals surface area (Å²) in [7, 11) is 1.85. The van der Waals surface area contributed by atoms with Crippen molar-refractivity contribution in [2.24, 2.45) is 10.4 Å². The van der Waals surface area contributed by atoms with Gasteiger partial charge in [-0.2, -0.15) is 0 Å². The molecule has 2 N–H and O–H groups in total. The summed E-state index contributed by atoms with van der Waals surface area (Å²) in [5.41, 5.74) is 0.149. The second-order valence-electron chi connectivity index (χ2n) is 5.94. The van der Waals surface area contributed by atoms with Crippen LogP contribution in [0.15, 0.2) is 4.99 Å². The molecule has 1 saturated carbocycles. The van der Waals surface area contributed by atoms with Gasteiger partial charge in [-0.1, -0.05) is 0 Å². The molecule has 5 heteroatoms. The molecule has 1 amide bonds. The molecule has 2 aliphatic heterocycles. The molecule has 18 heavy (non-hydrogen) atoms. The number of piperidine rings is 1.